The second-order valence-corrected chi connectivity index (χ2v) is 8.67. The van der Waals surface area contributed by atoms with Gasteiger partial charge in [-0.3, -0.25) is 14.5 Å². The van der Waals surface area contributed by atoms with Gasteiger partial charge in [-0.2, -0.15) is 0 Å². The Kier molecular flexibility index (Phi) is 7.83. The maximum absolute atomic E-state index is 11.2. The number of piperidine rings is 1. The Balaban J connectivity index is 0.000000755. The zero-order valence-corrected chi connectivity index (χ0v) is 17.4. The van der Waals surface area contributed by atoms with E-state index >= 15 is 0 Å². The molecule has 2 N–H and O–H groups in total. The lowest BCUT2D eigenvalue weighted by Gasteiger charge is -2.28. The zero-order valence-electron chi connectivity index (χ0n) is 16.6. The van der Waals surface area contributed by atoms with Gasteiger partial charge >= 0.3 is 5.97 Å². The van der Waals surface area contributed by atoms with Crippen LogP contribution in [0.4, 0.5) is 0 Å². The molecular weight excluding hydrogens is 390 g/mol. The van der Waals surface area contributed by atoms with Gasteiger partial charge in [0.1, 0.15) is 5.82 Å². The van der Waals surface area contributed by atoms with Crippen molar-refractivity contribution in [3.8, 4) is 10.7 Å². The zero-order chi connectivity index (χ0) is 20.6. The summed E-state index contributed by atoms with van der Waals surface area (Å²) in [4.78, 5) is 27.9. The van der Waals surface area contributed by atoms with Crippen molar-refractivity contribution in [2.24, 2.45) is 5.92 Å². The summed E-state index contributed by atoms with van der Waals surface area (Å²) >= 11 is 1.78. The molecule has 1 aliphatic carbocycles. The van der Waals surface area contributed by atoms with Crippen LogP contribution in [0.5, 0.6) is 0 Å². The highest BCUT2D eigenvalue weighted by Crippen LogP contribution is 2.36. The van der Waals surface area contributed by atoms with Gasteiger partial charge in [-0.25, -0.2) is 4.98 Å². The van der Waals surface area contributed by atoms with E-state index in [2.05, 4.69) is 32.1 Å². The summed E-state index contributed by atoms with van der Waals surface area (Å²) < 4.78 is 2.27. The van der Waals surface area contributed by atoms with Crippen LogP contribution in [0.3, 0.4) is 0 Å². The summed E-state index contributed by atoms with van der Waals surface area (Å²) in [5.74, 6) is 0.227. The van der Waals surface area contributed by atoms with Crippen LogP contribution in [-0.2, 0) is 16.1 Å². The number of rotatable bonds is 5. The van der Waals surface area contributed by atoms with Crippen LogP contribution in [0.2, 0.25) is 0 Å². The summed E-state index contributed by atoms with van der Waals surface area (Å²) in [5, 5.41) is 18.4. The van der Waals surface area contributed by atoms with Crippen molar-refractivity contribution in [1.82, 2.24) is 14.5 Å². The van der Waals surface area contributed by atoms with E-state index in [1.165, 1.54) is 42.8 Å². The Bertz CT molecular complexity index is 789. The van der Waals surface area contributed by atoms with E-state index in [4.69, 9.17) is 9.90 Å². The van der Waals surface area contributed by atoms with Gasteiger partial charge in [0.25, 0.3) is 6.47 Å². The number of carbonyl (C=O) groups is 2. The first-order valence-electron chi connectivity index (χ1n) is 10.3. The minimum absolute atomic E-state index is 0.170. The minimum Gasteiger partial charge on any atom is -0.483 e. The molecule has 29 heavy (non-hydrogen) atoms. The van der Waals surface area contributed by atoms with Gasteiger partial charge in [0.15, 0.2) is 0 Å². The van der Waals surface area contributed by atoms with Crippen LogP contribution < -0.4 is 0 Å². The Hall–Kier alpha value is -2.19. The van der Waals surface area contributed by atoms with Gasteiger partial charge in [0, 0.05) is 25.0 Å². The largest absolute Gasteiger partial charge is 0.483 e. The second-order valence-electron chi connectivity index (χ2n) is 7.76. The van der Waals surface area contributed by atoms with Gasteiger partial charge < -0.3 is 14.8 Å². The predicted octanol–water partition coefficient (Wildman–Crippen LogP) is 4.11. The van der Waals surface area contributed by atoms with Crippen molar-refractivity contribution >= 4 is 23.8 Å². The Labute approximate surface area is 175 Å². The number of carboxylic acid groups (broad SMARTS) is 2. The summed E-state index contributed by atoms with van der Waals surface area (Å²) in [5.41, 5.74) is 1.39. The Morgan fingerprint density at radius 1 is 1.21 bits per heavy atom. The molecule has 2 fully saturated rings. The van der Waals surface area contributed by atoms with Gasteiger partial charge in [0.05, 0.1) is 10.8 Å². The number of likely N-dealkylation sites (tertiary alicyclic amines) is 1. The molecule has 2 aliphatic rings. The molecule has 1 saturated heterocycles. The van der Waals surface area contributed by atoms with Crippen LogP contribution in [0.1, 0.15) is 56.6 Å². The van der Waals surface area contributed by atoms with E-state index in [0.29, 0.717) is 6.04 Å². The SMILES string of the molecule is O=C(O)C1CCC(n2ccnc2-c2cc(CN3CCCCC3)cs2)CC1.O=CO. The van der Waals surface area contributed by atoms with Gasteiger partial charge in [-0.15, -0.1) is 11.3 Å². The monoisotopic (exact) mass is 419 g/mol. The molecular formula is C21H29N3O4S. The molecule has 3 heterocycles. The van der Waals surface area contributed by atoms with Crippen molar-refractivity contribution in [2.75, 3.05) is 13.1 Å². The van der Waals surface area contributed by atoms with E-state index in [9.17, 15) is 9.90 Å². The van der Waals surface area contributed by atoms with Crippen molar-refractivity contribution < 1.29 is 19.8 Å². The molecule has 1 aliphatic heterocycles. The smallest absolute Gasteiger partial charge is 0.306 e. The standard InChI is InChI=1S/C20H27N3O2S.CH2O2/c24-20(25)16-4-6-17(7-5-16)23-11-8-21-19(23)18-12-15(14-26-18)13-22-9-2-1-3-10-22;2-1-3/h8,11-12,14,16-17H,1-7,9-10,13H2,(H,24,25);1H,(H,2,3). The Morgan fingerprint density at radius 3 is 2.55 bits per heavy atom. The number of hydrogen-bond donors (Lipinski definition) is 2. The number of carboxylic acids is 1. The molecule has 7 nitrogen and oxygen atoms in total. The summed E-state index contributed by atoms with van der Waals surface area (Å²) in [6, 6.07) is 2.66. The van der Waals surface area contributed by atoms with Crippen molar-refractivity contribution in [1.29, 1.82) is 0 Å². The average Bonchev–Trinajstić information content (AvgIpc) is 3.39. The fraction of sp³-hybridized carbons (Fsp3) is 0.571. The predicted molar refractivity (Wildman–Crippen MR) is 112 cm³/mol. The third-order valence-electron chi connectivity index (χ3n) is 5.84. The topological polar surface area (TPSA) is 95.7 Å². The van der Waals surface area contributed by atoms with E-state index in [1.54, 1.807) is 11.3 Å². The second kappa shape index (κ2) is 10.5. The Morgan fingerprint density at radius 2 is 1.90 bits per heavy atom. The first-order valence-corrected chi connectivity index (χ1v) is 11.1. The lowest BCUT2D eigenvalue weighted by atomic mass is 9.86. The summed E-state index contributed by atoms with van der Waals surface area (Å²) in [7, 11) is 0. The normalized spacial score (nSPS) is 22.5. The van der Waals surface area contributed by atoms with Gasteiger partial charge in [0.2, 0.25) is 0 Å². The van der Waals surface area contributed by atoms with Crippen molar-refractivity contribution in [3.63, 3.8) is 0 Å². The van der Waals surface area contributed by atoms with Crippen LogP contribution in [0.15, 0.2) is 23.8 Å². The van der Waals surface area contributed by atoms with E-state index < -0.39 is 5.97 Å². The third kappa shape index (κ3) is 5.67. The van der Waals surface area contributed by atoms with Gasteiger partial charge in [-0.1, -0.05) is 6.42 Å². The number of imidazole rings is 1. The number of aromatic nitrogens is 2. The molecule has 4 rings (SSSR count). The number of nitrogens with zero attached hydrogens (tertiary/aromatic N) is 3. The highest BCUT2D eigenvalue weighted by molar-refractivity contribution is 7.13. The molecule has 0 aromatic carbocycles. The number of aliphatic carboxylic acids is 1. The van der Waals surface area contributed by atoms with E-state index in [-0.39, 0.29) is 12.4 Å². The molecule has 0 amide bonds. The van der Waals surface area contributed by atoms with E-state index in [1.807, 2.05) is 6.20 Å². The fourth-order valence-electron chi connectivity index (χ4n) is 4.35. The summed E-state index contributed by atoms with van der Waals surface area (Å²) in [6.45, 7) is 3.22. The average molecular weight is 420 g/mol. The van der Waals surface area contributed by atoms with Crippen LogP contribution in [0.25, 0.3) is 10.7 Å². The quantitative estimate of drug-likeness (QED) is 0.708. The highest BCUT2D eigenvalue weighted by Gasteiger charge is 2.28. The third-order valence-corrected chi connectivity index (χ3v) is 6.81. The van der Waals surface area contributed by atoms with Crippen molar-refractivity contribution in [3.05, 3.63) is 29.4 Å². The van der Waals surface area contributed by atoms with Crippen LogP contribution in [-0.4, -0.2) is 50.2 Å². The van der Waals surface area contributed by atoms with Crippen molar-refractivity contribution in [2.45, 2.75) is 57.5 Å². The minimum atomic E-state index is -0.644. The molecule has 8 heteroatoms. The molecule has 2 aromatic heterocycles. The maximum Gasteiger partial charge on any atom is 0.306 e. The maximum atomic E-state index is 11.2. The first kappa shape index (κ1) is 21.5. The lowest BCUT2D eigenvalue weighted by Crippen LogP contribution is -2.28. The van der Waals surface area contributed by atoms with Crippen LogP contribution in [0, 0.1) is 5.92 Å². The van der Waals surface area contributed by atoms with Crippen LogP contribution >= 0.6 is 11.3 Å². The molecule has 1 saturated carbocycles. The number of thiophene rings is 1. The molecule has 0 radical (unpaired) electrons. The molecule has 0 unspecified atom stereocenters. The molecule has 0 spiro atoms. The molecule has 0 bridgehead atoms. The highest BCUT2D eigenvalue weighted by atomic mass is 32.1. The lowest BCUT2D eigenvalue weighted by molar-refractivity contribution is -0.143. The number of hydrogen-bond acceptors (Lipinski definition) is 5. The summed E-state index contributed by atoms with van der Waals surface area (Å²) in [6.07, 6.45) is 11.3. The molecule has 2 aromatic rings. The van der Waals surface area contributed by atoms with E-state index in [0.717, 1.165) is 38.1 Å². The molecule has 158 valence electrons. The van der Waals surface area contributed by atoms with Gasteiger partial charge in [-0.05, 0) is 68.6 Å². The molecule has 0 atom stereocenters. The first-order chi connectivity index (χ1) is 14.1. The fourth-order valence-corrected chi connectivity index (χ4v) is 5.25.